The molecule has 5 heteroatoms. The van der Waals surface area contributed by atoms with Crippen LogP contribution in [0.15, 0.2) is 24.3 Å². The number of hydrogen-bond donors (Lipinski definition) is 0. The predicted molar refractivity (Wildman–Crippen MR) is 75.2 cm³/mol. The third-order valence-electron chi connectivity index (χ3n) is 2.79. The van der Waals surface area contributed by atoms with E-state index in [1.54, 1.807) is 0 Å². The van der Waals surface area contributed by atoms with Crippen LogP contribution in [0, 0.1) is 0 Å². The Morgan fingerprint density at radius 3 is 2.41 bits per heavy atom. The summed E-state index contributed by atoms with van der Waals surface area (Å²) in [7, 11) is 0. The van der Waals surface area contributed by atoms with Gasteiger partial charge in [0.05, 0.1) is 16.3 Å². The fourth-order valence-electron chi connectivity index (χ4n) is 1.49. The Morgan fingerprint density at radius 2 is 1.94 bits per heavy atom. The van der Waals surface area contributed by atoms with Gasteiger partial charge in [0.2, 0.25) is 0 Å². The Labute approximate surface area is 122 Å². The first-order chi connectivity index (χ1) is 7.94. The van der Waals surface area contributed by atoms with Crippen LogP contribution in [0.5, 0.6) is 0 Å². The molecule has 92 valence electrons. The quantitative estimate of drug-likeness (QED) is 0.584. The molecule has 1 fully saturated rings. The van der Waals surface area contributed by atoms with E-state index in [1.807, 2.05) is 31.2 Å². The molecule has 0 radical (unpaired) electrons. The molecule has 1 saturated heterocycles. The Balaban J connectivity index is 2.11. The number of ketones is 1. The molecule has 0 amide bonds. The second kappa shape index (κ2) is 5.00. The van der Waals surface area contributed by atoms with Crippen molar-refractivity contribution in [1.29, 1.82) is 0 Å². The lowest BCUT2D eigenvalue weighted by Gasteiger charge is -2.18. The molecule has 17 heavy (non-hydrogen) atoms. The van der Waals surface area contributed by atoms with Gasteiger partial charge >= 0.3 is 0 Å². The van der Waals surface area contributed by atoms with Gasteiger partial charge in [0.15, 0.2) is 5.78 Å². The Morgan fingerprint density at radius 1 is 1.41 bits per heavy atom. The van der Waals surface area contributed by atoms with Crippen molar-refractivity contribution in [3.05, 3.63) is 34.9 Å². The van der Waals surface area contributed by atoms with Crippen LogP contribution in [0.25, 0.3) is 0 Å². The van der Waals surface area contributed by atoms with Crippen molar-refractivity contribution in [2.24, 2.45) is 0 Å². The van der Waals surface area contributed by atoms with E-state index in [0.29, 0.717) is 11.6 Å². The molecule has 0 saturated carbocycles. The summed E-state index contributed by atoms with van der Waals surface area (Å²) in [6.45, 7) is 2.32. The van der Waals surface area contributed by atoms with Crippen LogP contribution in [-0.4, -0.2) is 22.8 Å². The zero-order valence-corrected chi connectivity index (χ0v) is 13.0. The van der Waals surface area contributed by atoms with Gasteiger partial charge in [-0.1, -0.05) is 55.6 Å². The molecule has 1 aliphatic rings. The summed E-state index contributed by atoms with van der Waals surface area (Å²) in [5.41, 5.74) is 0.404. The van der Waals surface area contributed by atoms with Crippen LogP contribution in [0.1, 0.15) is 17.3 Å². The third kappa shape index (κ3) is 2.92. The minimum atomic E-state index is -0.605. The summed E-state index contributed by atoms with van der Waals surface area (Å²) in [5, 5.41) is 0.684. The van der Waals surface area contributed by atoms with Crippen molar-refractivity contribution in [3.63, 3.8) is 0 Å². The molecule has 1 aromatic carbocycles. The molecule has 1 aliphatic heterocycles. The number of Topliss-reactive ketones (excluding diaryl/α,β-unsaturated/α-hetero) is 1. The molecule has 1 heterocycles. The first-order valence-corrected chi connectivity index (χ1v) is 7.37. The molecular formula is C12H11Br2ClO2. The van der Waals surface area contributed by atoms with Gasteiger partial charge in [0.1, 0.15) is 5.60 Å². The van der Waals surface area contributed by atoms with Gasteiger partial charge < -0.3 is 4.74 Å². The maximum Gasteiger partial charge on any atom is 0.181 e. The highest BCUT2D eigenvalue weighted by molar-refractivity contribution is 9.12. The molecule has 3 unspecified atom stereocenters. The van der Waals surface area contributed by atoms with Crippen molar-refractivity contribution in [2.45, 2.75) is 22.2 Å². The second-order valence-corrected chi connectivity index (χ2v) is 6.65. The number of epoxide rings is 1. The SMILES string of the molecule is CC1(C(=O)C(Br)C(Br)c2ccc(Cl)cc2)CO1. The van der Waals surface area contributed by atoms with Crippen LogP contribution in [0.4, 0.5) is 0 Å². The predicted octanol–water partition coefficient (Wildman–Crippen LogP) is 3.90. The molecule has 2 nitrogen and oxygen atoms in total. The minimum Gasteiger partial charge on any atom is -0.362 e. The maximum absolute atomic E-state index is 12.1. The van der Waals surface area contributed by atoms with Crippen LogP contribution >= 0.6 is 43.5 Å². The number of carbonyl (C=O) groups excluding carboxylic acids is 1. The number of ether oxygens (including phenoxy) is 1. The van der Waals surface area contributed by atoms with E-state index < -0.39 is 5.60 Å². The fraction of sp³-hybridized carbons (Fsp3) is 0.417. The van der Waals surface area contributed by atoms with Gasteiger partial charge in [-0.15, -0.1) is 0 Å². The maximum atomic E-state index is 12.1. The van der Waals surface area contributed by atoms with E-state index in [4.69, 9.17) is 16.3 Å². The van der Waals surface area contributed by atoms with Gasteiger partial charge in [0.25, 0.3) is 0 Å². The summed E-state index contributed by atoms with van der Waals surface area (Å²) < 4.78 is 5.16. The first-order valence-electron chi connectivity index (χ1n) is 5.16. The first kappa shape index (κ1) is 13.5. The smallest absolute Gasteiger partial charge is 0.181 e. The molecule has 3 atom stereocenters. The Bertz CT molecular complexity index is 429. The highest BCUT2D eigenvalue weighted by Crippen LogP contribution is 2.38. The summed E-state index contributed by atoms with van der Waals surface area (Å²) in [4.78, 5) is 11.7. The molecule has 2 rings (SSSR count). The van der Waals surface area contributed by atoms with Crippen LogP contribution in [0.3, 0.4) is 0 Å². The van der Waals surface area contributed by atoms with E-state index in [-0.39, 0.29) is 15.4 Å². The summed E-state index contributed by atoms with van der Waals surface area (Å²) in [5.74, 6) is 0.0642. The second-order valence-electron chi connectivity index (χ2n) is 4.24. The lowest BCUT2D eigenvalue weighted by atomic mass is 10.00. The van der Waals surface area contributed by atoms with Crippen molar-refractivity contribution >= 4 is 49.2 Å². The normalized spacial score (nSPS) is 26.4. The molecule has 0 bridgehead atoms. The number of benzene rings is 1. The molecule has 0 aromatic heterocycles. The molecular weight excluding hydrogens is 371 g/mol. The Hall–Kier alpha value is 0.1000. The topological polar surface area (TPSA) is 29.6 Å². The fourth-order valence-corrected chi connectivity index (χ4v) is 2.95. The number of alkyl halides is 2. The van der Waals surface area contributed by atoms with E-state index in [2.05, 4.69) is 31.9 Å². The van der Waals surface area contributed by atoms with Crippen molar-refractivity contribution in [3.8, 4) is 0 Å². The monoisotopic (exact) mass is 380 g/mol. The van der Waals surface area contributed by atoms with Crippen molar-refractivity contribution in [2.75, 3.05) is 6.61 Å². The average Bonchev–Trinajstić information content (AvgIpc) is 3.07. The number of carbonyl (C=O) groups is 1. The zero-order chi connectivity index (χ0) is 12.6. The van der Waals surface area contributed by atoms with E-state index in [9.17, 15) is 4.79 Å². The zero-order valence-electron chi connectivity index (χ0n) is 9.12. The van der Waals surface area contributed by atoms with Gasteiger partial charge in [-0.2, -0.15) is 0 Å². The molecule has 0 spiro atoms. The summed E-state index contributed by atoms with van der Waals surface area (Å²) in [6.07, 6.45) is 0. The molecule has 0 aliphatic carbocycles. The van der Waals surface area contributed by atoms with Crippen LogP contribution in [0.2, 0.25) is 5.02 Å². The summed E-state index contributed by atoms with van der Waals surface area (Å²) in [6, 6.07) is 7.42. The van der Waals surface area contributed by atoms with Crippen molar-refractivity contribution in [1.82, 2.24) is 0 Å². The lowest BCUT2D eigenvalue weighted by Crippen LogP contribution is -2.31. The van der Waals surface area contributed by atoms with Gasteiger partial charge in [-0.05, 0) is 24.6 Å². The highest BCUT2D eigenvalue weighted by Gasteiger charge is 2.50. The molecule has 0 N–H and O–H groups in total. The van der Waals surface area contributed by atoms with E-state index >= 15 is 0 Å². The average molecular weight is 382 g/mol. The van der Waals surface area contributed by atoms with Gasteiger partial charge in [-0.3, -0.25) is 4.79 Å². The Kier molecular flexibility index (Phi) is 3.98. The number of halogens is 3. The van der Waals surface area contributed by atoms with Crippen molar-refractivity contribution < 1.29 is 9.53 Å². The number of hydrogen-bond acceptors (Lipinski definition) is 2. The van der Waals surface area contributed by atoms with Crippen LogP contribution in [-0.2, 0) is 9.53 Å². The minimum absolute atomic E-state index is 0.0642. The standard InChI is InChI=1S/C12H11Br2ClO2/c1-12(6-17-12)11(16)10(14)9(13)7-2-4-8(15)5-3-7/h2-5,9-10H,6H2,1H3. The lowest BCUT2D eigenvalue weighted by molar-refractivity contribution is -0.122. The van der Waals surface area contributed by atoms with E-state index in [0.717, 1.165) is 5.56 Å². The van der Waals surface area contributed by atoms with Gasteiger partial charge in [-0.25, -0.2) is 0 Å². The van der Waals surface area contributed by atoms with Gasteiger partial charge in [0, 0.05) is 5.02 Å². The molecule has 1 aromatic rings. The van der Waals surface area contributed by atoms with E-state index in [1.165, 1.54) is 0 Å². The summed E-state index contributed by atoms with van der Waals surface area (Å²) >= 11 is 12.8. The highest BCUT2D eigenvalue weighted by atomic mass is 79.9. The largest absolute Gasteiger partial charge is 0.362 e. The number of rotatable bonds is 4. The van der Waals surface area contributed by atoms with Crippen LogP contribution < -0.4 is 0 Å². The third-order valence-corrected chi connectivity index (χ3v) is 5.76.